The zero-order chi connectivity index (χ0) is 90.8. The predicted molar refractivity (Wildman–Crippen MR) is 572 cm³/mol. The van der Waals surface area contributed by atoms with Crippen LogP contribution in [0.5, 0.6) is 0 Å². The highest BCUT2D eigenvalue weighted by Crippen LogP contribution is 2.49. The minimum absolute atomic E-state index is 0.588. The van der Waals surface area contributed by atoms with E-state index >= 15 is 0 Å². The SMILES string of the molecule is c1ccc(-c2nc(-c3ccccc3)nc(-c3cccc4c3sc3ccc(-c5ccc6c(c5)c5cc(-c7ccc8c(c7)c7ccccc7n8-c7ccccc7)ccc5n6-c5ccccc5)cc34)n2)cc1.c1ccc(-c2nc(-c3ccccc3)nc(-c3cccc4oc5c(-c6cccc7c6c6cc(-c8ccc9c(c8)c8ccccc8n9-c8ccccc8)ccc6n7-c6ccccc6)cccc5c34)n2)cc1. The summed E-state index contributed by atoms with van der Waals surface area (Å²) in [4.78, 5) is 30.4. The van der Waals surface area contributed by atoms with Crippen molar-refractivity contribution in [3.05, 3.63) is 473 Å². The smallest absolute Gasteiger partial charge is 0.165 e. The summed E-state index contributed by atoms with van der Waals surface area (Å²) in [5, 5.41) is 14.0. The molecule has 0 spiro atoms. The van der Waals surface area contributed by atoms with Crippen LogP contribution < -0.4 is 0 Å². The minimum Gasteiger partial charge on any atom is -0.455 e. The molecule has 0 radical (unpaired) electrons. The fourth-order valence-electron chi connectivity index (χ4n) is 20.8. The monoisotopic (exact) mass is 1780 g/mol. The Morgan fingerprint density at radius 2 is 0.464 bits per heavy atom. The van der Waals surface area contributed by atoms with Gasteiger partial charge in [0.1, 0.15) is 11.2 Å². The summed E-state index contributed by atoms with van der Waals surface area (Å²) >= 11 is 1.79. The summed E-state index contributed by atoms with van der Waals surface area (Å²) in [5.74, 6) is 3.80. The second kappa shape index (κ2) is 32.8. The second-order valence-corrected chi connectivity index (χ2v) is 36.2. The maximum absolute atomic E-state index is 7.01. The van der Waals surface area contributed by atoms with E-state index in [2.05, 4.69) is 382 Å². The van der Waals surface area contributed by atoms with Crippen molar-refractivity contribution in [3.8, 4) is 136 Å². The lowest BCUT2D eigenvalue weighted by atomic mass is 9.95. The lowest BCUT2D eigenvalue weighted by molar-refractivity contribution is 0.670. The Kier molecular flexibility index (Phi) is 18.9. The molecule has 0 aliphatic carbocycles. The van der Waals surface area contributed by atoms with E-state index in [4.69, 9.17) is 34.3 Å². The van der Waals surface area contributed by atoms with Crippen molar-refractivity contribution < 1.29 is 4.42 Å². The van der Waals surface area contributed by atoms with Crippen molar-refractivity contribution in [1.82, 2.24) is 48.2 Å². The molecule has 0 saturated heterocycles. The van der Waals surface area contributed by atoms with Gasteiger partial charge in [-0.15, -0.1) is 11.3 Å². The van der Waals surface area contributed by atoms with Crippen molar-refractivity contribution in [1.29, 1.82) is 0 Å². The summed E-state index contributed by atoms with van der Waals surface area (Å²) < 4.78 is 18.9. The molecule has 0 aliphatic heterocycles. The molecule has 11 nitrogen and oxygen atoms in total. The average Bonchev–Trinajstić information content (AvgIpc) is 1.55. The molecule has 28 rings (SSSR count). The molecule has 0 amide bonds. The molecule has 0 saturated carbocycles. The van der Waals surface area contributed by atoms with Crippen LogP contribution in [0.25, 0.3) is 265 Å². The molecule has 138 heavy (non-hydrogen) atoms. The van der Waals surface area contributed by atoms with E-state index in [1.165, 1.54) is 103 Å². The van der Waals surface area contributed by atoms with Gasteiger partial charge in [0.2, 0.25) is 0 Å². The number of fused-ring (bicyclic) bond motifs is 18. The third-order valence-electron chi connectivity index (χ3n) is 27.1. The van der Waals surface area contributed by atoms with Crippen molar-refractivity contribution in [2.45, 2.75) is 0 Å². The van der Waals surface area contributed by atoms with Gasteiger partial charge in [0, 0.05) is 136 Å². The number of furan rings is 1. The normalized spacial score (nSPS) is 11.8. The number of thiophene rings is 1. The molecule has 20 aromatic carbocycles. The van der Waals surface area contributed by atoms with Crippen LogP contribution in [0.4, 0.5) is 0 Å². The zero-order valence-corrected chi connectivity index (χ0v) is 75.1. The number of para-hydroxylation sites is 7. The highest BCUT2D eigenvalue weighted by molar-refractivity contribution is 7.26. The van der Waals surface area contributed by atoms with E-state index in [1.807, 2.05) is 109 Å². The second-order valence-electron chi connectivity index (χ2n) is 35.1. The number of nitrogens with zero attached hydrogens (tertiary/aromatic N) is 10. The van der Waals surface area contributed by atoms with Gasteiger partial charge < -0.3 is 22.7 Å². The maximum Gasteiger partial charge on any atom is 0.165 e. The molecular weight excluding hydrogens is 1700 g/mol. The third kappa shape index (κ3) is 13.4. The van der Waals surface area contributed by atoms with Crippen LogP contribution >= 0.6 is 11.3 Å². The first-order valence-electron chi connectivity index (χ1n) is 46.5. The fourth-order valence-corrected chi connectivity index (χ4v) is 22.0. The highest BCUT2D eigenvalue weighted by atomic mass is 32.1. The fraction of sp³-hybridized carbons (Fsp3) is 0. The Labute approximate surface area is 796 Å². The Morgan fingerprint density at radius 3 is 0.899 bits per heavy atom. The molecule has 0 fully saturated rings. The number of benzene rings is 20. The standard InChI is InChI=1S/C63H39N5O.C63H39N5S/c1-5-18-40(19-6-1)61-64-62(41-20-7-2-8-21-41)66-63(65-61)50-30-17-33-57-59(50)49-29-15-28-48(60(49)69-57)47-27-16-32-56-58(47)52-39-43(35-37-55(52)68(56)45-24-11-4-12-25-45)42-34-36-54-51(38-42)46-26-13-14-31-53(46)67(54)44-22-9-3-10-23-44;1-5-16-40(17-6-1)61-64-62(41-18-7-2-8-19-41)66-63(65-61)50-26-15-25-49-54-39-45(31-35-59(54)69-60(49)50)44-30-34-58-53(38-44)52-37-43(29-33-57(52)68(58)47-22-11-4-12-23-47)42-28-32-56-51(36-42)48-24-13-14-27-55(48)67(56)46-20-9-3-10-21-46/h2*1-39H. The van der Waals surface area contributed by atoms with Crippen LogP contribution in [0.2, 0.25) is 0 Å². The molecular formula is C126H78N10OS. The van der Waals surface area contributed by atoms with Gasteiger partial charge in [-0.25, -0.2) is 29.9 Å². The van der Waals surface area contributed by atoms with Crippen LogP contribution in [0.3, 0.4) is 0 Å². The summed E-state index contributed by atoms with van der Waals surface area (Å²) in [7, 11) is 0. The van der Waals surface area contributed by atoms with Gasteiger partial charge in [0.05, 0.1) is 44.1 Å². The Hall–Kier alpha value is -18.4. The zero-order valence-electron chi connectivity index (χ0n) is 74.3. The first-order chi connectivity index (χ1) is 68.4. The van der Waals surface area contributed by atoms with E-state index in [0.29, 0.717) is 34.9 Å². The van der Waals surface area contributed by atoms with Gasteiger partial charge in [-0.05, 0) is 191 Å². The van der Waals surface area contributed by atoms with Gasteiger partial charge in [-0.1, -0.05) is 322 Å². The molecule has 0 atom stereocenters. The van der Waals surface area contributed by atoms with Gasteiger partial charge in [0.25, 0.3) is 0 Å². The summed E-state index contributed by atoms with van der Waals surface area (Å²) in [5.41, 5.74) is 30.3. The number of aromatic nitrogens is 10. The Balaban J connectivity index is 0.000000139. The molecule has 12 heteroatoms. The van der Waals surface area contributed by atoms with Crippen molar-refractivity contribution in [2.24, 2.45) is 0 Å². The van der Waals surface area contributed by atoms with Crippen LogP contribution in [-0.4, -0.2) is 48.2 Å². The van der Waals surface area contributed by atoms with E-state index in [9.17, 15) is 0 Å². The number of hydrogen-bond acceptors (Lipinski definition) is 8. The van der Waals surface area contributed by atoms with Gasteiger partial charge >= 0.3 is 0 Å². The number of rotatable bonds is 14. The third-order valence-corrected chi connectivity index (χ3v) is 28.4. The molecule has 0 N–H and O–H groups in total. The van der Waals surface area contributed by atoms with E-state index in [-0.39, 0.29) is 0 Å². The molecule has 0 unspecified atom stereocenters. The van der Waals surface area contributed by atoms with Crippen LogP contribution in [0.1, 0.15) is 0 Å². The maximum atomic E-state index is 7.01. The first kappa shape index (κ1) is 79.4. The Morgan fingerprint density at radius 1 is 0.174 bits per heavy atom. The molecule has 0 aliphatic rings. The van der Waals surface area contributed by atoms with Crippen LogP contribution in [0.15, 0.2) is 478 Å². The van der Waals surface area contributed by atoms with E-state index < -0.39 is 0 Å². The van der Waals surface area contributed by atoms with Crippen LogP contribution in [-0.2, 0) is 0 Å². The Bertz CT molecular complexity index is 9580. The lowest BCUT2D eigenvalue weighted by Gasteiger charge is -2.09. The van der Waals surface area contributed by atoms with E-state index in [1.54, 1.807) is 11.3 Å². The summed E-state index contributed by atoms with van der Waals surface area (Å²) in [6.45, 7) is 0. The highest BCUT2D eigenvalue weighted by Gasteiger charge is 2.27. The average molecular weight is 1780 g/mol. The topological polar surface area (TPSA) is 110 Å². The van der Waals surface area contributed by atoms with Crippen molar-refractivity contribution in [2.75, 3.05) is 0 Å². The molecule has 28 aromatic rings. The lowest BCUT2D eigenvalue weighted by Crippen LogP contribution is -2.00. The molecule has 8 heterocycles. The quantitative estimate of drug-likeness (QED) is 0.107. The van der Waals surface area contributed by atoms with Crippen molar-refractivity contribution >= 4 is 141 Å². The number of hydrogen-bond donors (Lipinski definition) is 0. The van der Waals surface area contributed by atoms with Gasteiger partial charge in [0.15, 0.2) is 34.9 Å². The molecule has 0 bridgehead atoms. The van der Waals surface area contributed by atoms with Gasteiger partial charge in [-0.3, -0.25) is 0 Å². The summed E-state index contributed by atoms with van der Waals surface area (Å²) in [6, 6.07) is 168. The predicted octanol–water partition coefficient (Wildman–Crippen LogP) is 33.1. The first-order valence-corrected chi connectivity index (χ1v) is 47.3. The van der Waals surface area contributed by atoms with E-state index in [0.717, 1.165) is 127 Å². The summed E-state index contributed by atoms with van der Waals surface area (Å²) in [6.07, 6.45) is 0. The molecule has 8 aromatic heterocycles. The van der Waals surface area contributed by atoms with Gasteiger partial charge in [-0.2, -0.15) is 0 Å². The van der Waals surface area contributed by atoms with Crippen molar-refractivity contribution in [3.63, 3.8) is 0 Å². The van der Waals surface area contributed by atoms with Crippen LogP contribution in [0, 0.1) is 0 Å². The molecule has 644 valence electrons. The largest absolute Gasteiger partial charge is 0.455 e. The minimum atomic E-state index is 0.588.